The van der Waals surface area contributed by atoms with Gasteiger partial charge in [-0.1, -0.05) is 17.7 Å². The van der Waals surface area contributed by atoms with Crippen LogP contribution in [0.15, 0.2) is 42.6 Å². The first-order valence-corrected chi connectivity index (χ1v) is 5.48. The van der Waals surface area contributed by atoms with Crippen LogP contribution in [0.5, 0.6) is 0 Å². The highest BCUT2D eigenvalue weighted by Crippen LogP contribution is 2.25. The van der Waals surface area contributed by atoms with Crippen LogP contribution in [0, 0.1) is 0 Å². The summed E-state index contributed by atoms with van der Waals surface area (Å²) < 4.78 is 1.91. The van der Waals surface area contributed by atoms with E-state index >= 15 is 0 Å². The second-order valence-corrected chi connectivity index (χ2v) is 4.10. The van der Waals surface area contributed by atoms with Crippen molar-refractivity contribution in [2.24, 2.45) is 0 Å². The van der Waals surface area contributed by atoms with Crippen molar-refractivity contribution >= 4 is 22.9 Å². The number of rotatable bonds is 1. The average molecular weight is 245 g/mol. The van der Waals surface area contributed by atoms with Crippen LogP contribution in [0.1, 0.15) is 0 Å². The summed E-state index contributed by atoms with van der Waals surface area (Å²) in [5, 5.41) is 8.78. The Hall–Kier alpha value is -2.07. The summed E-state index contributed by atoms with van der Waals surface area (Å²) >= 11 is 5.89. The molecule has 17 heavy (non-hydrogen) atoms. The summed E-state index contributed by atoms with van der Waals surface area (Å²) in [6.07, 6.45) is 1.91. The van der Waals surface area contributed by atoms with E-state index in [4.69, 9.17) is 17.3 Å². The zero-order valence-corrected chi connectivity index (χ0v) is 9.59. The maximum Gasteiger partial charge on any atom is 0.168 e. The van der Waals surface area contributed by atoms with Gasteiger partial charge in [0.2, 0.25) is 0 Å². The lowest BCUT2D eigenvalue weighted by Crippen LogP contribution is -1.91. The summed E-state index contributed by atoms with van der Waals surface area (Å²) in [7, 11) is 0. The van der Waals surface area contributed by atoms with Gasteiger partial charge in [-0.2, -0.15) is 0 Å². The monoisotopic (exact) mass is 244 g/mol. The number of halogens is 1. The molecule has 84 valence electrons. The quantitative estimate of drug-likeness (QED) is 0.670. The second-order valence-electron chi connectivity index (χ2n) is 3.69. The van der Waals surface area contributed by atoms with Gasteiger partial charge in [0.1, 0.15) is 0 Å². The van der Waals surface area contributed by atoms with E-state index in [0.717, 1.165) is 17.0 Å². The minimum absolute atomic E-state index is 0.539. The van der Waals surface area contributed by atoms with Gasteiger partial charge in [0.05, 0.1) is 10.7 Å². The van der Waals surface area contributed by atoms with Crippen LogP contribution in [-0.2, 0) is 0 Å². The Balaban J connectivity index is 2.24. The molecule has 0 fully saturated rings. The lowest BCUT2D eigenvalue weighted by Gasteiger charge is -2.02. The Morgan fingerprint density at radius 1 is 1.12 bits per heavy atom. The van der Waals surface area contributed by atoms with E-state index in [-0.39, 0.29) is 0 Å². The van der Waals surface area contributed by atoms with Crippen molar-refractivity contribution in [2.45, 2.75) is 0 Å². The predicted molar refractivity (Wildman–Crippen MR) is 67.8 cm³/mol. The first-order chi connectivity index (χ1) is 8.25. The number of benzene rings is 1. The summed E-state index contributed by atoms with van der Waals surface area (Å²) in [6, 6.07) is 11.2. The lowest BCUT2D eigenvalue weighted by atomic mass is 10.2. The molecule has 4 nitrogen and oxygen atoms in total. The van der Waals surface area contributed by atoms with Crippen molar-refractivity contribution in [3.8, 4) is 11.4 Å². The van der Waals surface area contributed by atoms with Crippen molar-refractivity contribution < 1.29 is 0 Å². The molecule has 0 atom stereocenters. The maximum absolute atomic E-state index is 5.89. The Kier molecular flexibility index (Phi) is 2.23. The number of anilines is 1. The topological polar surface area (TPSA) is 56.2 Å². The molecule has 0 saturated carbocycles. The average Bonchev–Trinajstić information content (AvgIpc) is 2.76. The molecule has 0 radical (unpaired) electrons. The van der Waals surface area contributed by atoms with Gasteiger partial charge in [0.15, 0.2) is 11.5 Å². The Bertz CT molecular complexity index is 690. The molecule has 2 N–H and O–H groups in total. The van der Waals surface area contributed by atoms with E-state index in [2.05, 4.69) is 10.2 Å². The normalized spacial score (nSPS) is 10.9. The molecule has 2 heterocycles. The lowest BCUT2D eigenvalue weighted by molar-refractivity contribution is 1.11. The fourth-order valence-electron chi connectivity index (χ4n) is 1.72. The zero-order chi connectivity index (χ0) is 11.8. The third kappa shape index (κ3) is 1.62. The van der Waals surface area contributed by atoms with Crippen LogP contribution in [0.3, 0.4) is 0 Å². The number of aromatic nitrogens is 3. The Morgan fingerprint density at radius 3 is 2.82 bits per heavy atom. The number of nitrogens with two attached hydrogens (primary N) is 1. The first-order valence-electron chi connectivity index (χ1n) is 5.11. The van der Waals surface area contributed by atoms with Crippen molar-refractivity contribution in [1.82, 2.24) is 14.6 Å². The highest BCUT2D eigenvalue weighted by Gasteiger charge is 2.08. The van der Waals surface area contributed by atoms with Crippen molar-refractivity contribution in [3.05, 3.63) is 47.6 Å². The van der Waals surface area contributed by atoms with Gasteiger partial charge in [0.25, 0.3) is 0 Å². The molecule has 0 unspecified atom stereocenters. The van der Waals surface area contributed by atoms with Gasteiger partial charge in [-0.05, 0) is 30.3 Å². The van der Waals surface area contributed by atoms with Crippen molar-refractivity contribution in [3.63, 3.8) is 0 Å². The fourth-order valence-corrected chi connectivity index (χ4v) is 1.84. The highest BCUT2D eigenvalue weighted by molar-refractivity contribution is 6.33. The molecule has 1 aromatic carbocycles. The Labute approximate surface area is 103 Å². The van der Waals surface area contributed by atoms with Gasteiger partial charge in [0, 0.05) is 11.8 Å². The standard InChI is InChI=1S/C12H9ClN4/c13-9-5-4-8(7-10(9)14)12-16-15-11-3-1-2-6-17(11)12/h1-7H,14H2. The van der Waals surface area contributed by atoms with Crippen LogP contribution in [0.25, 0.3) is 17.0 Å². The molecule has 0 aliphatic heterocycles. The summed E-state index contributed by atoms with van der Waals surface area (Å²) in [6.45, 7) is 0. The molecule has 2 aromatic heterocycles. The van der Waals surface area contributed by atoms with Gasteiger partial charge >= 0.3 is 0 Å². The summed E-state index contributed by atoms with van der Waals surface area (Å²) in [4.78, 5) is 0. The van der Waals surface area contributed by atoms with Gasteiger partial charge < -0.3 is 5.73 Å². The van der Waals surface area contributed by atoms with Gasteiger partial charge in [-0.3, -0.25) is 4.40 Å². The van der Waals surface area contributed by atoms with E-state index in [9.17, 15) is 0 Å². The predicted octanol–water partition coefficient (Wildman–Crippen LogP) is 2.63. The SMILES string of the molecule is Nc1cc(-c2nnc3ccccn23)ccc1Cl. The number of pyridine rings is 1. The van der Waals surface area contributed by atoms with Gasteiger partial charge in [-0.15, -0.1) is 10.2 Å². The third-order valence-corrected chi connectivity index (χ3v) is 2.91. The molecule has 0 bridgehead atoms. The molecule has 0 aliphatic rings. The van der Waals surface area contributed by atoms with E-state index in [1.807, 2.05) is 34.9 Å². The molecule has 0 saturated heterocycles. The molecular weight excluding hydrogens is 236 g/mol. The highest BCUT2D eigenvalue weighted by atomic mass is 35.5. The molecule has 3 aromatic rings. The van der Waals surface area contributed by atoms with Crippen LogP contribution in [0.4, 0.5) is 5.69 Å². The molecule has 0 spiro atoms. The Morgan fingerprint density at radius 2 is 2.00 bits per heavy atom. The summed E-state index contributed by atoms with van der Waals surface area (Å²) in [5.74, 6) is 0.754. The van der Waals surface area contributed by atoms with Crippen LogP contribution in [0.2, 0.25) is 5.02 Å². The minimum Gasteiger partial charge on any atom is -0.398 e. The zero-order valence-electron chi connectivity index (χ0n) is 8.84. The largest absolute Gasteiger partial charge is 0.398 e. The smallest absolute Gasteiger partial charge is 0.168 e. The fraction of sp³-hybridized carbons (Fsp3) is 0. The molecule has 0 amide bonds. The van der Waals surface area contributed by atoms with E-state index in [1.165, 1.54) is 0 Å². The molecule has 3 rings (SSSR count). The maximum atomic E-state index is 5.89. The summed E-state index contributed by atoms with van der Waals surface area (Å²) in [5.41, 5.74) is 8.02. The number of hydrogen-bond acceptors (Lipinski definition) is 3. The van der Waals surface area contributed by atoms with E-state index in [0.29, 0.717) is 10.7 Å². The molecule has 0 aliphatic carbocycles. The van der Waals surface area contributed by atoms with E-state index in [1.54, 1.807) is 12.1 Å². The van der Waals surface area contributed by atoms with E-state index < -0.39 is 0 Å². The number of nitrogens with zero attached hydrogens (tertiary/aromatic N) is 3. The third-order valence-electron chi connectivity index (χ3n) is 2.57. The second kappa shape index (κ2) is 3.75. The van der Waals surface area contributed by atoms with Crippen LogP contribution < -0.4 is 5.73 Å². The molecule has 5 heteroatoms. The van der Waals surface area contributed by atoms with Crippen molar-refractivity contribution in [2.75, 3.05) is 5.73 Å². The number of fused-ring (bicyclic) bond motifs is 1. The van der Waals surface area contributed by atoms with Crippen LogP contribution in [-0.4, -0.2) is 14.6 Å². The first kappa shape index (κ1) is 10.1. The van der Waals surface area contributed by atoms with Gasteiger partial charge in [-0.25, -0.2) is 0 Å². The molecular formula is C12H9ClN4. The minimum atomic E-state index is 0.539. The number of hydrogen-bond donors (Lipinski definition) is 1. The van der Waals surface area contributed by atoms with Crippen LogP contribution >= 0.6 is 11.6 Å². The number of nitrogen functional groups attached to an aromatic ring is 1. The van der Waals surface area contributed by atoms with Crippen molar-refractivity contribution in [1.29, 1.82) is 0 Å².